The fraction of sp³-hybridized carbons (Fsp3) is 1.00. The molecule has 2 aliphatic rings. The van der Waals surface area contributed by atoms with Crippen LogP contribution in [0.3, 0.4) is 0 Å². The summed E-state index contributed by atoms with van der Waals surface area (Å²) in [6, 6.07) is 0. The number of hydrogen-bond donors (Lipinski definition) is 2. The van der Waals surface area contributed by atoms with Gasteiger partial charge in [-0.3, -0.25) is 0 Å². The summed E-state index contributed by atoms with van der Waals surface area (Å²) in [6.07, 6.45) is 1.78. The monoisotopic (exact) mass is 260 g/mol. The third kappa shape index (κ3) is 3.40. The second-order valence-corrected chi connectivity index (χ2v) is 4.70. The molecular weight excluding hydrogens is 236 g/mol. The largest absolute Gasteiger partial charge is 0.373 e. The quantitative estimate of drug-likeness (QED) is 0.558. The summed E-state index contributed by atoms with van der Waals surface area (Å²) in [5, 5.41) is 0. The van der Waals surface area contributed by atoms with E-state index in [0.717, 1.165) is 12.8 Å². The molecule has 0 aromatic rings. The molecule has 0 saturated carbocycles. The Hall–Kier alpha value is -0.240. The molecule has 4 N–H and O–H groups in total. The molecule has 2 saturated heterocycles. The summed E-state index contributed by atoms with van der Waals surface area (Å²) in [4.78, 5) is 0. The van der Waals surface area contributed by atoms with Gasteiger partial charge < -0.3 is 30.4 Å². The van der Waals surface area contributed by atoms with Gasteiger partial charge in [0.1, 0.15) is 24.4 Å². The number of fused-ring (bicyclic) bond motifs is 1. The lowest BCUT2D eigenvalue weighted by Crippen LogP contribution is -2.34. The molecule has 0 aromatic heterocycles. The Morgan fingerprint density at radius 3 is 1.67 bits per heavy atom. The number of hydrogen-bond acceptors (Lipinski definition) is 6. The topological polar surface area (TPSA) is 89.0 Å². The van der Waals surface area contributed by atoms with Crippen molar-refractivity contribution in [3.8, 4) is 0 Å². The highest BCUT2D eigenvalue weighted by Crippen LogP contribution is 2.30. The van der Waals surface area contributed by atoms with E-state index in [9.17, 15) is 0 Å². The lowest BCUT2D eigenvalue weighted by atomic mass is 10.1. The van der Waals surface area contributed by atoms with E-state index in [4.69, 9.17) is 30.4 Å². The first-order chi connectivity index (χ1) is 8.86. The minimum atomic E-state index is 0.00523. The van der Waals surface area contributed by atoms with Crippen LogP contribution in [0.4, 0.5) is 0 Å². The average Bonchev–Trinajstić information content (AvgIpc) is 2.94. The summed E-state index contributed by atoms with van der Waals surface area (Å²) in [5.41, 5.74) is 10.9. The summed E-state index contributed by atoms with van der Waals surface area (Å²) in [6.45, 7) is 3.78. The third-order valence-corrected chi connectivity index (χ3v) is 3.32. The van der Waals surface area contributed by atoms with Crippen LogP contribution >= 0.6 is 0 Å². The Kier molecular flexibility index (Phi) is 5.81. The molecule has 2 aliphatic heterocycles. The maximum Gasteiger partial charge on any atom is 0.115 e. The Labute approximate surface area is 108 Å². The maximum atomic E-state index is 5.73. The van der Waals surface area contributed by atoms with Crippen LogP contribution in [0.2, 0.25) is 0 Å². The van der Waals surface area contributed by atoms with Crippen molar-refractivity contribution in [1.82, 2.24) is 0 Å². The van der Waals surface area contributed by atoms with E-state index in [1.807, 2.05) is 0 Å². The van der Waals surface area contributed by atoms with Gasteiger partial charge in [-0.25, -0.2) is 0 Å². The molecule has 0 aromatic carbocycles. The van der Waals surface area contributed by atoms with Crippen molar-refractivity contribution in [3.63, 3.8) is 0 Å². The number of rotatable bonds is 8. The molecule has 0 aliphatic carbocycles. The molecule has 106 valence electrons. The van der Waals surface area contributed by atoms with E-state index in [-0.39, 0.29) is 24.4 Å². The highest BCUT2D eigenvalue weighted by atomic mass is 16.6. The first-order valence-corrected chi connectivity index (χ1v) is 6.73. The molecule has 0 spiro atoms. The normalized spacial score (nSPS) is 35.0. The fourth-order valence-corrected chi connectivity index (χ4v) is 2.35. The van der Waals surface area contributed by atoms with Gasteiger partial charge >= 0.3 is 0 Å². The van der Waals surface area contributed by atoms with Crippen molar-refractivity contribution >= 4 is 0 Å². The summed E-state index contributed by atoms with van der Waals surface area (Å²) in [7, 11) is 0. The molecule has 4 atom stereocenters. The van der Waals surface area contributed by atoms with E-state index in [1.165, 1.54) is 0 Å². The predicted molar refractivity (Wildman–Crippen MR) is 66.3 cm³/mol. The van der Waals surface area contributed by atoms with Gasteiger partial charge in [0, 0.05) is 13.2 Å². The van der Waals surface area contributed by atoms with Gasteiger partial charge in [0.05, 0.1) is 13.2 Å². The van der Waals surface area contributed by atoms with Crippen LogP contribution < -0.4 is 11.5 Å². The highest BCUT2D eigenvalue weighted by Gasteiger charge is 2.48. The van der Waals surface area contributed by atoms with Crippen molar-refractivity contribution in [2.75, 3.05) is 39.5 Å². The van der Waals surface area contributed by atoms with Gasteiger partial charge in [0.2, 0.25) is 0 Å². The highest BCUT2D eigenvalue weighted by molar-refractivity contribution is 4.95. The van der Waals surface area contributed by atoms with Gasteiger partial charge in [-0.15, -0.1) is 0 Å². The second kappa shape index (κ2) is 7.37. The van der Waals surface area contributed by atoms with Gasteiger partial charge in [0.25, 0.3) is 0 Å². The van der Waals surface area contributed by atoms with Crippen molar-refractivity contribution in [3.05, 3.63) is 0 Å². The van der Waals surface area contributed by atoms with Crippen LogP contribution in [-0.2, 0) is 18.9 Å². The van der Waals surface area contributed by atoms with Crippen LogP contribution in [0.5, 0.6) is 0 Å². The van der Waals surface area contributed by atoms with E-state index >= 15 is 0 Å². The van der Waals surface area contributed by atoms with Crippen molar-refractivity contribution in [1.29, 1.82) is 0 Å². The molecule has 18 heavy (non-hydrogen) atoms. The zero-order chi connectivity index (χ0) is 12.8. The molecular formula is C12H24N2O4. The minimum Gasteiger partial charge on any atom is -0.373 e. The van der Waals surface area contributed by atoms with Gasteiger partial charge in [-0.1, -0.05) is 0 Å². The molecule has 2 heterocycles. The molecule has 6 nitrogen and oxygen atoms in total. The average molecular weight is 260 g/mol. The maximum absolute atomic E-state index is 5.73. The predicted octanol–water partition coefficient (Wildman–Crippen LogP) is -0.748. The van der Waals surface area contributed by atoms with Crippen molar-refractivity contribution in [2.24, 2.45) is 11.5 Å². The zero-order valence-electron chi connectivity index (χ0n) is 10.8. The molecule has 2 rings (SSSR count). The zero-order valence-corrected chi connectivity index (χ0v) is 10.8. The lowest BCUT2D eigenvalue weighted by Gasteiger charge is -2.17. The van der Waals surface area contributed by atoms with E-state index in [1.54, 1.807) is 0 Å². The molecule has 6 heteroatoms. The Bertz CT molecular complexity index is 218. The first kappa shape index (κ1) is 14.2. The van der Waals surface area contributed by atoms with Crippen molar-refractivity contribution in [2.45, 2.75) is 37.3 Å². The van der Waals surface area contributed by atoms with Crippen LogP contribution in [0.1, 0.15) is 12.8 Å². The first-order valence-electron chi connectivity index (χ1n) is 6.73. The molecule has 2 fully saturated rings. The van der Waals surface area contributed by atoms with Gasteiger partial charge in [-0.2, -0.15) is 0 Å². The Morgan fingerprint density at radius 1 is 0.833 bits per heavy atom. The minimum absolute atomic E-state index is 0.00523. The van der Waals surface area contributed by atoms with Gasteiger partial charge in [0.15, 0.2) is 0 Å². The molecule has 0 radical (unpaired) electrons. The second-order valence-electron chi connectivity index (χ2n) is 4.70. The van der Waals surface area contributed by atoms with E-state index < -0.39 is 0 Å². The van der Waals surface area contributed by atoms with Gasteiger partial charge in [-0.05, 0) is 25.9 Å². The molecule has 0 amide bonds. The lowest BCUT2D eigenvalue weighted by molar-refractivity contribution is -0.0503. The SMILES string of the molecule is NCCCO[C@@H]1COC2C1OC[C@H]2OCCCN. The molecule has 2 unspecified atom stereocenters. The Balaban J connectivity index is 1.72. The number of nitrogens with two attached hydrogens (primary N) is 2. The van der Waals surface area contributed by atoms with Crippen LogP contribution in [0, 0.1) is 0 Å². The van der Waals surface area contributed by atoms with Crippen LogP contribution in [-0.4, -0.2) is 63.9 Å². The van der Waals surface area contributed by atoms with E-state index in [2.05, 4.69) is 0 Å². The van der Waals surface area contributed by atoms with Crippen molar-refractivity contribution < 1.29 is 18.9 Å². The molecule has 0 bridgehead atoms. The number of ether oxygens (including phenoxy) is 4. The Morgan fingerprint density at radius 2 is 1.28 bits per heavy atom. The summed E-state index contributed by atoms with van der Waals surface area (Å²) in [5.74, 6) is 0. The third-order valence-electron chi connectivity index (χ3n) is 3.32. The van der Waals surface area contributed by atoms with E-state index in [0.29, 0.717) is 39.5 Å². The van der Waals surface area contributed by atoms with Crippen LogP contribution in [0.15, 0.2) is 0 Å². The smallest absolute Gasteiger partial charge is 0.115 e. The standard InChI is InChI=1S/C12H24N2O4/c13-3-1-5-15-9-7-17-12-10(8-18-11(9)12)16-6-2-4-14/h9-12H,1-8,13-14H2/t9-,10-,11?,12?/m1/s1. The summed E-state index contributed by atoms with van der Waals surface area (Å²) < 4.78 is 22.9. The summed E-state index contributed by atoms with van der Waals surface area (Å²) >= 11 is 0. The fourth-order valence-electron chi connectivity index (χ4n) is 2.35. The van der Waals surface area contributed by atoms with Crippen LogP contribution in [0.25, 0.3) is 0 Å².